The molecule has 0 saturated heterocycles. The van der Waals surface area contributed by atoms with Crippen LogP contribution in [0.15, 0.2) is 83.3 Å². The van der Waals surface area contributed by atoms with Crippen LogP contribution in [0.5, 0.6) is 5.75 Å². The Balaban J connectivity index is 1.76. The number of para-hydroxylation sites is 1. The van der Waals surface area contributed by atoms with Gasteiger partial charge in [-0.2, -0.15) is 13.7 Å². The van der Waals surface area contributed by atoms with Crippen molar-refractivity contribution in [1.82, 2.24) is 0 Å². The number of benzene rings is 3. The molecule has 3 rings (SSSR count). The summed E-state index contributed by atoms with van der Waals surface area (Å²) in [6.45, 7) is 0. The first-order chi connectivity index (χ1) is 15.7. The molecule has 0 heterocycles. The summed E-state index contributed by atoms with van der Waals surface area (Å²) in [6, 6.07) is 18.7. The van der Waals surface area contributed by atoms with Crippen molar-refractivity contribution in [3.05, 3.63) is 94.5 Å². The molecule has 3 aromatic rings. The molecule has 0 aliphatic carbocycles. The number of nitriles is 1. The Morgan fingerprint density at radius 3 is 2.24 bits per heavy atom. The predicted octanol–water partition coefficient (Wildman–Crippen LogP) is 4.35. The number of halogens is 1. The van der Waals surface area contributed by atoms with Crippen molar-refractivity contribution in [2.45, 2.75) is 4.90 Å². The van der Waals surface area contributed by atoms with Gasteiger partial charge in [-0.05, 0) is 60.2 Å². The summed E-state index contributed by atoms with van der Waals surface area (Å²) in [5, 5.41) is 21.4. The molecule has 0 bridgehead atoms. The number of hydrogen-bond acceptors (Lipinski definition) is 6. The molecule has 0 saturated carbocycles. The van der Waals surface area contributed by atoms with E-state index in [0.29, 0.717) is 10.6 Å². The molecule has 0 aliphatic rings. The number of carboxylic acids is 1. The summed E-state index contributed by atoms with van der Waals surface area (Å²) in [5.74, 6) is -1.99. The zero-order chi connectivity index (χ0) is 24.0. The van der Waals surface area contributed by atoms with E-state index >= 15 is 0 Å². The average molecular weight is 483 g/mol. The van der Waals surface area contributed by atoms with E-state index in [9.17, 15) is 28.4 Å². The van der Waals surface area contributed by atoms with Crippen LogP contribution in [-0.4, -0.2) is 25.4 Å². The van der Waals surface area contributed by atoms with Gasteiger partial charge in [-0.15, -0.1) is 0 Å². The first-order valence-corrected chi connectivity index (χ1v) is 11.0. The van der Waals surface area contributed by atoms with Crippen molar-refractivity contribution in [2.24, 2.45) is 0 Å². The van der Waals surface area contributed by atoms with Crippen LogP contribution in [0, 0.1) is 11.3 Å². The Hall–Kier alpha value is -4.13. The van der Waals surface area contributed by atoms with E-state index in [1.807, 2.05) is 0 Å². The van der Waals surface area contributed by atoms with Gasteiger partial charge in [-0.3, -0.25) is 4.79 Å². The molecule has 0 unspecified atom stereocenters. The molecule has 0 radical (unpaired) electrons. The van der Waals surface area contributed by atoms with E-state index in [1.165, 1.54) is 72.8 Å². The fraction of sp³-hybridized carbons (Fsp3) is 0. The summed E-state index contributed by atoms with van der Waals surface area (Å²) in [7, 11) is -4.07. The maximum absolute atomic E-state index is 12.5. The fourth-order valence-electron chi connectivity index (χ4n) is 2.68. The van der Waals surface area contributed by atoms with Gasteiger partial charge in [0.25, 0.3) is 5.91 Å². The van der Waals surface area contributed by atoms with Crippen molar-refractivity contribution in [1.29, 1.82) is 5.26 Å². The predicted molar refractivity (Wildman–Crippen MR) is 121 cm³/mol. The van der Waals surface area contributed by atoms with Gasteiger partial charge >= 0.3 is 16.1 Å². The largest absolute Gasteiger partial charge is 0.478 e. The third kappa shape index (κ3) is 5.98. The maximum atomic E-state index is 12.5. The first-order valence-electron chi connectivity index (χ1n) is 9.25. The molecule has 0 spiro atoms. The summed E-state index contributed by atoms with van der Waals surface area (Å²) >= 11 is 5.76. The van der Waals surface area contributed by atoms with Crippen LogP contribution in [0.3, 0.4) is 0 Å². The highest BCUT2D eigenvalue weighted by Gasteiger charge is 2.17. The number of anilines is 1. The number of carboxylic acid groups (broad SMARTS) is 1. The van der Waals surface area contributed by atoms with Crippen LogP contribution in [0.25, 0.3) is 6.08 Å². The summed E-state index contributed by atoms with van der Waals surface area (Å²) in [6.07, 6.45) is 1.27. The van der Waals surface area contributed by atoms with Crippen LogP contribution in [0.4, 0.5) is 5.69 Å². The van der Waals surface area contributed by atoms with Crippen molar-refractivity contribution in [3.8, 4) is 11.8 Å². The van der Waals surface area contributed by atoms with Crippen molar-refractivity contribution >= 4 is 45.4 Å². The first kappa shape index (κ1) is 23.5. The van der Waals surface area contributed by atoms with Crippen molar-refractivity contribution < 1.29 is 27.3 Å². The Morgan fingerprint density at radius 1 is 1.00 bits per heavy atom. The van der Waals surface area contributed by atoms with Crippen molar-refractivity contribution in [2.75, 3.05) is 5.32 Å². The fourth-order valence-corrected chi connectivity index (χ4v) is 3.74. The monoisotopic (exact) mass is 482 g/mol. The van der Waals surface area contributed by atoms with Gasteiger partial charge < -0.3 is 14.6 Å². The summed E-state index contributed by atoms with van der Waals surface area (Å²) < 4.78 is 29.8. The number of nitrogens with one attached hydrogen (secondary N) is 1. The molecule has 0 aromatic heterocycles. The van der Waals surface area contributed by atoms with Gasteiger partial charge in [-0.1, -0.05) is 35.9 Å². The molecule has 8 nitrogen and oxygen atoms in total. The normalized spacial score (nSPS) is 11.3. The van der Waals surface area contributed by atoms with Gasteiger partial charge in [0, 0.05) is 5.02 Å². The summed E-state index contributed by atoms with van der Waals surface area (Å²) in [5.41, 5.74) is 0.0703. The lowest BCUT2D eigenvalue weighted by Crippen LogP contribution is -2.16. The quantitative estimate of drug-likeness (QED) is 0.290. The third-order valence-electron chi connectivity index (χ3n) is 4.27. The van der Waals surface area contributed by atoms with E-state index in [2.05, 4.69) is 5.32 Å². The Labute approximate surface area is 194 Å². The minimum atomic E-state index is -4.07. The number of amides is 1. The van der Waals surface area contributed by atoms with Crippen LogP contribution in [0.2, 0.25) is 5.02 Å². The third-order valence-corrected chi connectivity index (χ3v) is 5.78. The Bertz CT molecular complexity index is 1380. The molecule has 0 fully saturated rings. The second kappa shape index (κ2) is 9.99. The van der Waals surface area contributed by atoms with Crippen molar-refractivity contribution in [3.63, 3.8) is 0 Å². The lowest BCUT2D eigenvalue weighted by Gasteiger charge is -2.08. The number of aromatic carboxylic acids is 1. The molecule has 3 aromatic carbocycles. The molecule has 0 atom stereocenters. The van der Waals surface area contributed by atoms with E-state index in [1.54, 1.807) is 12.1 Å². The smallest absolute Gasteiger partial charge is 0.339 e. The van der Waals surface area contributed by atoms with Gasteiger partial charge in [0.05, 0.1) is 11.3 Å². The Morgan fingerprint density at radius 2 is 1.64 bits per heavy atom. The average Bonchev–Trinajstić information content (AvgIpc) is 2.78. The van der Waals surface area contributed by atoms with Gasteiger partial charge in [0.2, 0.25) is 0 Å². The second-order valence-electron chi connectivity index (χ2n) is 6.54. The van der Waals surface area contributed by atoms with E-state index in [4.69, 9.17) is 15.8 Å². The van der Waals surface area contributed by atoms with Crippen LogP contribution < -0.4 is 9.50 Å². The highest BCUT2D eigenvalue weighted by Crippen LogP contribution is 2.22. The lowest BCUT2D eigenvalue weighted by atomic mass is 10.1. The molecule has 0 aliphatic heterocycles. The van der Waals surface area contributed by atoms with Crippen LogP contribution in [-0.2, 0) is 14.9 Å². The molecule has 2 N–H and O–H groups in total. The second-order valence-corrected chi connectivity index (χ2v) is 8.52. The zero-order valence-electron chi connectivity index (χ0n) is 16.7. The van der Waals surface area contributed by atoms with Gasteiger partial charge in [0.15, 0.2) is 0 Å². The number of rotatable bonds is 7. The SMILES string of the molecule is N#CC(=Cc1ccc(OS(=O)(=O)c2ccc(Cl)cc2)cc1)C(=O)Nc1ccccc1C(=O)O. The number of hydrogen-bond donors (Lipinski definition) is 2. The molecular weight excluding hydrogens is 468 g/mol. The molecule has 33 heavy (non-hydrogen) atoms. The maximum Gasteiger partial charge on any atom is 0.339 e. The topological polar surface area (TPSA) is 134 Å². The zero-order valence-corrected chi connectivity index (χ0v) is 18.3. The van der Waals surface area contributed by atoms with E-state index < -0.39 is 22.0 Å². The van der Waals surface area contributed by atoms with Crippen LogP contribution >= 0.6 is 11.6 Å². The molecule has 166 valence electrons. The Kier molecular flexibility index (Phi) is 7.13. The highest BCUT2D eigenvalue weighted by atomic mass is 35.5. The minimum Gasteiger partial charge on any atom is -0.478 e. The number of nitrogens with zero attached hydrogens (tertiary/aromatic N) is 1. The van der Waals surface area contributed by atoms with E-state index in [-0.39, 0.29) is 27.5 Å². The number of carbonyl (C=O) groups excluding carboxylic acids is 1. The lowest BCUT2D eigenvalue weighted by molar-refractivity contribution is -0.112. The van der Waals surface area contributed by atoms with Gasteiger partial charge in [0.1, 0.15) is 22.3 Å². The number of carbonyl (C=O) groups is 2. The standard InChI is InChI=1S/C23H15ClN2O6S/c24-17-7-11-19(12-8-17)33(30,31)32-18-9-5-15(6-10-18)13-16(14-25)22(27)26-21-4-2-1-3-20(21)23(28)29/h1-13H,(H,26,27)(H,28,29). The summed E-state index contributed by atoms with van der Waals surface area (Å²) in [4.78, 5) is 23.7. The molecular formula is C23H15ClN2O6S. The van der Waals surface area contributed by atoms with Crippen LogP contribution in [0.1, 0.15) is 15.9 Å². The van der Waals surface area contributed by atoms with E-state index in [0.717, 1.165) is 0 Å². The highest BCUT2D eigenvalue weighted by molar-refractivity contribution is 7.87. The molecule has 10 heteroatoms. The van der Waals surface area contributed by atoms with Gasteiger partial charge in [-0.25, -0.2) is 4.79 Å². The minimum absolute atomic E-state index is 0.0282. The molecule has 1 amide bonds.